The van der Waals surface area contributed by atoms with Crippen molar-refractivity contribution in [3.05, 3.63) is 29.3 Å². The average molecular weight is 276 g/mol. The second kappa shape index (κ2) is 6.75. The van der Waals surface area contributed by atoms with E-state index >= 15 is 0 Å². The molecule has 0 bridgehead atoms. The van der Waals surface area contributed by atoms with E-state index in [1.807, 2.05) is 26.0 Å². The van der Waals surface area contributed by atoms with Crippen molar-refractivity contribution in [1.82, 2.24) is 5.32 Å². The Bertz CT molecular complexity index is 474. The molecule has 0 saturated carbocycles. The van der Waals surface area contributed by atoms with Crippen molar-refractivity contribution in [3.8, 4) is 5.75 Å². The number of rotatable bonds is 5. The molecule has 0 spiro atoms. The molecule has 0 aliphatic heterocycles. The van der Waals surface area contributed by atoms with Gasteiger partial charge in [0.2, 0.25) is 0 Å². The lowest BCUT2D eigenvalue weighted by Gasteiger charge is -2.24. The normalized spacial score (nSPS) is 19.1. The summed E-state index contributed by atoms with van der Waals surface area (Å²) >= 11 is 0. The first-order chi connectivity index (χ1) is 9.61. The smallest absolute Gasteiger partial charge is 0.258 e. The predicted molar refractivity (Wildman–Crippen MR) is 79.7 cm³/mol. The molecule has 1 aromatic rings. The van der Waals surface area contributed by atoms with E-state index in [2.05, 4.69) is 11.4 Å². The number of ether oxygens (including phenoxy) is 1. The predicted octanol–water partition coefficient (Wildman–Crippen LogP) is 2.32. The van der Waals surface area contributed by atoms with Crippen LogP contribution >= 0.6 is 0 Å². The summed E-state index contributed by atoms with van der Waals surface area (Å²) in [5, 5.41) is 2.90. The second-order valence-corrected chi connectivity index (χ2v) is 5.49. The fourth-order valence-corrected chi connectivity index (χ4v) is 2.55. The summed E-state index contributed by atoms with van der Waals surface area (Å²) in [5.74, 6) is 0.731. The zero-order valence-corrected chi connectivity index (χ0v) is 12.3. The Hall–Kier alpha value is -1.55. The molecule has 0 fully saturated rings. The molecule has 1 aliphatic carbocycles. The summed E-state index contributed by atoms with van der Waals surface area (Å²) in [6, 6.07) is 6.21. The van der Waals surface area contributed by atoms with Crippen molar-refractivity contribution in [2.45, 2.75) is 51.6 Å². The third-order valence-electron chi connectivity index (χ3n) is 3.89. The van der Waals surface area contributed by atoms with Gasteiger partial charge in [-0.15, -0.1) is 0 Å². The van der Waals surface area contributed by atoms with Crippen LogP contribution in [0.5, 0.6) is 5.75 Å². The van der Waals surface area contributed by atoms with Gasteiger partial charge in [0.25, 0.3) is 5.91 Å². The van der Waals surface area contributed by atoms with Crippen LogP contribution < -0.4 is 15.8 Å². The van der Waals surface area contributed by atoms with Crippen molar-refractivity contribution in [2.75, 3.05) is 6.61 Å². The van der Waals surface area contributed by atoms with E-state index in [1.165, 1.54) is 5.56 Å². The van der Waals surface area contributed by atoms with E-state index in [4.69, 9.17) is 10.5 Å². The molecule has 0 saturated heterocycles. The third-order valence-corrected chi connectivity index (χ3v) is 3.89. The molecular weight excluding hydrogens is 252 g/mol. The van der Waals surface area contributed by atoms with Crippen molar-refractivity contribution in [2.24, 2.45) is 5.73 Å². The Morgan fingerprint density at radius 1 is 1.55 bits per heavy atom. The van der Waals surface area contributed by atoms with Gasteiger partial charge < -0.3 is 15.8 Å². The van der Waals surface area contributed by atoms with Gasteiger partial charge in [-0.3, -0.25) is 4.79 Å². The maximum atomic E-state index is 11.8. The summed E-state index contributed by atoms with van der Waals surface area (Å²) in [7, 11) is 0. The molecule has 2 unspecified atom stereocenters. The van der Waals surface area contributed by atoms with Crippen LogP contribution in [0.3, 0.4) is 0 Å². The van der Waals surface area contributed by atoms with Crippen molar-refractivity contribution >= 4 is 5.91 Å². The zero-order valence-electron chi connectivity index (χ0n) is 12.3. The Morgan fingerprint density at radius 2 is 2.35 bits per heavy atom. The lowest BCUT2D eigenvalue weighted by atomic mass is 9.88. The third kappa shape index (κ3) is 3.51. The van der Waals surface area contributed by atoms with Gasteiger partial charge >= 0.3 is 0 Å². The van der Waals surface area contributed by atoms with E-state index < -0.39 is 0 Å². The summed E-state index contributed by atoms with van der Waals surface area (Å²) < 4.78 is 5.69. The van der Waals surface area contributed by atoms with E-state index in [1.54, 1.807) is 0 Å². The number of hydrogen-bond donors (Lipinski definition) is 2. The lowest BCUT2D eigenvalue weighted by Crippen LogP contribution is -2.35. The van der Waals surface area contributed by atoms with E-state index in [0.29, 0.717) is 0 Å². The molecule has 0 aromatic heterocycles. The maximum absolute atomic E-state index is 11.8. The molecule has 2 rings (SSSR count). The van der Waals surface area contributed by atoms with Gasteiger partial charge in [0.15, 0.2) is 6.61 Å². The van der Waals surface area contributed by atoms with Gasteiger partial charge in [-0.2, -0.15) is 0 Å². The molecule has 20 heavy (non-hydrogen) atoms. The van der Waals surface area contributed by atoms with Crippen molar-refractivity contribution in [3.63, 3.8) is 0 Å². The minimum Gasteiger partial charge on any atom is -0.483 e. The SMILES string of the molecule is CCC(C)NC(=O)COc1cccc2c1CCCC2N. The number of amides is 1. The molecule has 2 atom stereocenters. The molecule has 1 aromatic carbocycles. The van der Waals surface area contributed by atoms with Crippen LogP contribution in [-0.2, 0) is 11.2 Å². The van der Waals surface area contributed by atoms with E-state index in [-0.39, 0.29) is 24.6 Å². The van der Waals surface area contributed by atoms with Crippen LogP contribution in [0.2, 0.25) is 0 Å². The molecule has 4 heteroatoms. The quantitative estimate of drug-likeness (QED) is 0.867. The van der Waals surface area contributed by atoms with E-state index in [9.17, 15) is 4.79 Å². The van der Waals surface area contributed by atoms with Crippen LogP contribution in [0.15, 0.2) is 18.2 Å². The minimum atomic E-state index is -0.0722. The highest BCUT2D eigenvalue weighted by Crippen LogP contribution is 2.33. The molecule has 110 valence electrons. The van der Waals surface area contributed by atoms with Crippen LogP contribution in [0.4, 0.5) is 0 Å². The van der Waals surface area contributed by atoms with Crippen LogP contribution in [-0.4, -0.2) is 18.6 Å². The van der Waals surface area contributed by atoms with Gasteiger partial charge in [-0.25, -0.2) is 0 Å². The Morgan fingerprint density at radius 3 is 3.10 bits per heavy atom. The number of carbonyl (C=O) groups is 1. The second-order valence-electron chi connectivity index (χ2n) is 5.49. The monoisotopic (exact) mass is 276 g/mol. The lowest BCUT2D eigenvalue weighted by molar-refractivity contribution is -0.123. The summed E-state index contributed by atoms with van der Waals surface area (Å²) in [6.45, 7) is 4.10. The van der Waals surface area contributed by atoms with Crippen molar-refractivity contribution in [1.29, 1.82) is 0 Å². The highest BCUT2D eigenvalue weighted by Gasteiger charge is 2.20. The molecular formula is C16H24N2O2. The van der Waals surface area contributed by atoms with Crippen LogP contribution in [0.1, 0.15) is 50.3 Å². The molecule has 1 amide bonds. The van der Waals surface area contributed by atoms with Gasteiger partial charge in [0, 0.05) is 12.1 Å². The molecule has 3 N–H and O–H groups in total. The van der Waals surface area contributed by atoms with Gasteiger partial charge in [0.1, 0.15) is 5.75 Å². The minimum absolute atomic E-state index is 0.0655. The summed E-state index contributed by atoms with van der Waals surface area (Å²) in [4.78, 5) is 11.8. The van der Waals surface area contributed by atoms with Crippen LogP contribution in [0, 0.1) is 0 Å². The highest BCUT2D eigenvalue weighted by atomic mass is 16.5. The maximum Gasteiger partial charge on any atom is 0.258 e. The fourth-order valence-electron chi connectivity index (χ4n) is 2.55. The highest BCUT2D eigenvalue weighted by molar-refractivity contribution is 5.77. The Kier molecular flexibility index (Phi) is 5.01. The zero-order chi connectivity index (χ0) is 14.5. The number of nitrogens with one attached hydrogen (secondary N) is 1. The molecule has 1 aliphatic rings. The number of fused-ring (bicyclic) bond motifs is 1. The van der Waals surface area contributed by atoms with E-state index in [0.717, 1.165) is 37.0 Å². The largest absolute Gasteiger partial charge is 0.483 e. The molecule has 0 heterocycles. The Balaban J connectivity index is 2.00. The fraction of sp³-hybridized carbons (Fsp3) is 0.562. The first kappa shape index (κ1) is 14.9. The number of carbonyl (C=O) groups excluding carboxylic acids is 1. The van der Waals surface area contributed by atoms with Gasteiger partial charge in [-0.05, 0) is 49.8 Å². The first-order valence-corrected chi connectivity index (χ1v) is 7.41. The topological polar surface area (TPSA) is 64.3 Å². The summed E-state index contributed by atoms with van der Waals surface area (Å²) in [5.41, 5.74) is 8.45. The first-order valence-electron chi connectivity index (χ1n) is 7.41. The summed E-state index contributed by atoms with van der Waals surface area (Å²) in [6.07, 6.45) is 3.99. The van der Waals surface area contributed by atoms with Crippen molar-refractivity contribution < 1.29 is 9.53 Å². The number of nitrogens with two attached hydrogens (primary N) is 1. The van der Waals surface area contributed by atoms with Gasteiger partial charge in [0.05, 0.1) is 0 Å². The standard InChI is InChI=1S/C16H24N2O2/c1-3-11(2)18-16(19)10-20-15-9-5-6-12-13(15)7-4-8-14(12)17/h5-6,9,11,14H,3-4,7-8,10,17H2,1-2H3,(H,18,19). The average Bonchev–Trinajstić information content (AvgIpc) is 2.45. The van der Waals surface area contributed by atoms with Gasteiger partial charge in [-0.1, -0.05) is 19.1 Å². The Labute approximate surface area is 120 Å². The molecule has 0 radical (unpaired) electrons. The number of hydrogen-bond acceptors (Lipinski definition) is 3. The number of benzene rings is 1. The van der Waals surface area contributed by atoms with Crippen LogP contribution in [0.25, 0.3) is 0 Å². The molecule has 4 nitrogen and oxygen atoms in total.